The molecule has 5 atom stereocenters. The molecule has 3 aliphatic rings. The first-order chi connectivity index (χ1) is 11.3. The molecule has 8 nitrogen and oxygen atoms in total. The van der Waals surface area contributed by atoms with E-state index < -0.39 is 44.1 Å². The van der Waals surface area contributed by atoms with Crippen molar-refractivity contribution >= 4 is 30.9 Å². The van der Waals surface area contributed by atoms with Crippen LogP contribution in [-0.2, 0) is 23.3 Å². The molecule has 3 fully saturated rings. The number of rotatable bonds is 6. The third-order valence-electron chi connectivity index (χ3n) is 4.38. The number of hydrogen-bond donors (Lipinski definition) is 2. The normalized spacial score (nSPS) is 43.8. The van der Waals surface area contributed by atoms with Crippen molar-refractivity contribution in [2.45, 2.75) is 43.7 Å². The van der Waals surface area contributed by atoms with E-state index >= 15 is 0 Å². The number of hydrogen-bond acceptors (Lipinski definition) is 6. The smallest absolute Gasteiger partial charge is 0.346 e. The van der Waals surface area contributed by atoms with E-state index in [1.807, 2.05) is 0 Å². The second-order valence-electron chi connectivity index (χ2n) is 6.49. The van der Waals surface area contributed by atoms with Crippen LogP contribution in [0.3, 0.4) is 0 Å². The minimum atomic E-state index is -3.47. The van der Waals surface area contributed by atoms with Crippen molar-refractivity contribution in [3.8, 4) is 0 Å². The van der Waals surface area contributed by atoms with Crippen LogP contribution < -0.4 is 5.09 Å². The molecule has 3 heterocycles. The third kappa shape index (κ3) is 3.27. The van der Waals surface area contributed by atoms with Crippen molar-refractivity contribution in [3.05, 3.63) is 0 Å². The number of ether oxygens (including phenoxy) is 3. The number of fused-ring (bicyclic) bond motifs is 3. The summed E-state index contributed by atoms with van der Waals surface area (Å²) in [5.41, 5.74) is -1.30. The molecule has 0 bridgehead atoms. The largest absolute Gasteiger partial charge is 0.392 e. The average Bonchev–Trinajstić information content (AvgIpc) is 2.97. The summed E-state index contributed by atoms with van der Waals surface area (Å²) >= 11 is 11.6. The Kier molecular flexibility index (Phi) is 5.57. The molecule has 140 valence electrons. The molecular formula is C13H23Cl2N2O6P. The zero-order valence-electron chi connectivity index (χ0n) is 13.6. The van der Waals surface area contributed by atoms with Crippen LogP contribution in [0.2, 0.25) is 0 Å². The Morgan fingerprint density at radius 1 is 1.29 bits per heavy atom. The molecule has 3 aliphatic heterocycles. The fraction of sp³-hybridized carbons (Fsp3) is 1.00. The molecule has 5 unspecified atom stereocenters. The second-order valence-corrected chi connectivity index (χ2v) is 9.28. The summed E-state index contributed by atoms with van der Waals surface area (Å²) in [6.45, 7) is 4.13. The predicted octanol–water partition coefficient (Wildman–Crippen LogP) is 1.10. The van der Waals surface area contributed by atoms with Gasteiger partial charge < -0.3 is 19.3 Å². The zero-order valence-corrected chi connectivity index (χ0v) is 16.0. The fourth-order valence-corrected chi connectivity index (χ4v) is 6.33. The topological polar surface area (TPSA) is 89.5 Å². The molecule has 0 aromatic carbocycles. The predicted molar refractivity (Wildman–Crippen MR) is 88.2 cm³/mol. The van der Waals surface area contributed by atoms with Crippen molar-refractivity contribution < 1.29 is 28.4 Å². The SMILES string of the molecule is CC1(C)OCC2OC3(CO)NP(=O)(N(CCCl)CCCl)OC3C2O1. The number of halogens is 2. The van der Waals surface area contributed by atoms with E-state index in [1.165, 1.54) is 0 Å². The Labute approximate surface area is 151 Å². The maximum absolute atomic E-state index is 13.3. The Morgan fingerprint density at radius 2 is 1.96 bits per heavy atom. The summed E-state index contributed by atoms with van der Waals surface area (Å²) in [7, 11) is -3.47. The van der Waals surface area contributed by atoms with Crippen molar-refractivity contribution in [3.63, 3.8) is 0 Å². The number of alkyl halides is 2. The van der Waals surface area contributed by atoms with E-state index in [1.54, 1.807) is 18.5 Å². The molecular weight excluding hydrogens is 382 g/mol. The Bertz CT molecular complexity index is 521. The lowest BCUT2D eigenvalue weighted by molar-refractivity contribution is -0.300. The van der Waals surface area contributed by atoms with Crippen LogP contribution in [-0.4, -0.2) is 77.7 Å². The summed E-state index contributed by atoms with van der Waals surface area (Å²) in [5, 5.41) is 12.8. The Morgan fingerprint density at radius 3 is 2.54 bits per heavy atom. The van der Waals surface area contributed by atoms with Gasteiger partial charge >= 0.3 is 7.67 Å². The molecule has 0 spiro atoms. The van der Waals surface area contributed by atoms with Crippen LogP contribution in [0.15, 0.2) is 0 Å². The Hall–Kier alpha value is 0.530. The summed E-state index contributed by atoms with van der Waals surface area (Å²) in [5.74, 6) is -0.266. The Balaban J connectivity index is 1.85. The van der Waals surface area contributed by atoms with Gasteiger partial charge in [-0.2, -0.15) is 5.09 Å². The van der Waals surface area contributed by atoms with Crippen LogP contribution in [0.25, 0.3) is 0 Å². The molecule has 3 rings (SSSR count). The molecule has 0 amide bonds. The highest BCUT2D eigenvalue weighted by Gasteiger charge is 2.68. The molecule has 0 aromatic heterocycles. The van der Waals surface area contributed by atoms with E-state index in [9.17, 15) is 9.67 Å². The van der Waals surface area contributed by atoms with Crippen molar-refractivity contribution in [2.75, 3.05) is 38.1 Å². The molecule has 0 saturated carbocycles. The first kappa shape index (κ1) is 19.3. The van der Waals surface area contributed by atoms with Crippen LogP contribution in [0.4, 0.5) is 0 Å². The minimum Gasteiger partial charge on any atom is -0.392 e. The quantitative estimate of drug-likeness (QED) is 0.502. The molecule has 0 aliphatic carbocycles. The monoisotopic (exact) mass is 404 g/mol. The number of aliphatic hydroxyl groups excluding tert-OH is 1. The first-order valence-corrected chi connectivity index (χ1v) is 10.5. The molecule has 2 N–H and O–H groups in total. The van der Waals surface area contributed by atoms with Gasteiger partial charge in [-0.15, -0.1) is 23.2 Å². The lowest BCUT2D eigenvalue weighted by atomic mass is 10.0. The van der Waals surface area contributed by atoms with E-state index in [0.29, 0.717) is 19.7 Å². The van der Waals surface area contributed by atoms with Gasteiger partial charge in [0.15, 0.2) is 11.5 Å². The molecule has 24 heavy (non-hydrogen) atoms. The van der Waals surface area contributed by atoms with Gasteiger partial charge in [-0.05, 0) is 13.8 Å². The van der Waals surface area contributed by atoms with E-state index in [4.69, 9.17) is 41.9 Å². The molecule has 3 saturated heterocycles. The lowest BCUT2D eigenvalue weighted by Crippen LogP contribution is -2.53. The summed E-state index contributed by atoms with van der Waals surface area (Å²) < 4.78 is 38.2. The van der Waals surface area contributed by atoms with Crippen molar-refractivity contribution in [2.24, 2.45) is 0 Å². The van der Waals surface area contributed by atoms with Crippen LogP contribution in [0.1, 0.15) is 13.8 Å². The lowest BCUT2D eigenvalue weighted by Gasteiger charge is -2.38. The highest BCUT2D eigenvalue weighted by molar-refractivity contribution is 7.54. The first-order valence-electron chi connectivity index (χ1n) is 7.85. The standard InChI is InChI=1S/C13H23Cl2N2O6P/c1-12(2)20-7-9-10(22-12)11-13(8-18,21-9)16-24(19,23-11)17(5-3-14)6-4-15/h9-11,18H,3-8H2,1-2H3,(H,16,19). The van der Waals surface area contributed by atoms with Crippen molar-refractivity contribution in [1.82, 2.24) is 9.76 Å². The van der Waals surface area contributed by atoms with Crippen molar-refractivity contribution in [1.29, 1.82) is 0 Å². The third-order valence-corrected chi connectivity index (χ3v) is 7.04. The second kappa shape index (κ2) is 6.93. The summed E-state index contributed by atoms with van der Waals surface area (Å²) in [6, 6.07) is 0. The van der Waals surface area contributed by atoms with Crippen LogP contribution in [0, 0.1) is 0 Å². The van der Waals surface area contributed by atoms with Crippen LogP contribution in [0.5, 0.6) is 0 Å². The summed E-state index contributed by atoms with van der Waals surface area (Å²) in [4.78, 5) is 0. The average molecular weight is 405 g/mol. The van der Waals surface area contributed by atoms with E-state index in [0.717, 1.165) is 0 Å². The zero-order chi connectivity index (χ0) is 17.6. The van der Waals surface area contributed by atoms with Crippen LogP contribution >= 0.6 is 30.9 Å². The minimum absolute atomic E-state index is 0.271. The summed E-state index contributed by atoms with van der Waals surface area (Å²) in [6.07, 6.45) is -1.64. The van der Waals surface area contributed by atoms with Gasteiger partial charge in [0.25, 0.3) is 0 Å². The van der Waals surface area contributed by atoms with Gasteiger partial charge in [0.05, 0.1) is 13.2 Å². The van der Waals surface area contributed by atoms with E-state index in [-0.39, 0.29) is 11.8 Å². The number of aliphatic hydroxyl groups is 1. The van der Waals surface area contributed by atoms with Gasteiger partial charge in [-0.3, -0.25) is 9.09 Å². The molecule has 0 aromatic rings. The molecule has 0 radical (unpaired) electrons. The van der Waals surface area contributed by atoms with Gasteiger partial charge in [0.1, 0.15) is 18.3 Å². The van der Waals surface area contributed by atoms with Gasteiger partial charge in [0.2, 0.25) is 0 Å². The molecule has 11 heteroatoms. The number of nitrogens with zero attached hydrogens (tertiary/aromatic N) is 1. The number of nitrogens with one attached hydrogen (secondary N) is 1. The van der Waals surface area contributed by atoms with Gasteiger partial charge in [-0.25, -0.2) is 4.67 Å². The highest BCUT2D eigenvalue weighted by Crippen LogP contribution is 2.60. The van der Waals surface area contributed by atoms with Gasteiger partial charge in [-0.1, -0.05) is 0 Å². The maximum atomic E-state index is 13.3. The highest BCUT2D eigenvalue weighted by atomic mass is 35.5. The fourth-order valence-electron chi connectivity index (χ4n) is 3.30. The van der Waals surface area contributed by atoms with E-state index in [2.05, 4.69) is 5.09 Å². The maximum Gasteiger partial charge on any atom is 0.346 e. The van der Waals surface area contributed by atoms with Gasteiger partial charge in [0, 0.05) is 24.8 Å².